The van der Waals surface area contributed by atoms with Gasteiger partial charge in [-0.3, -0.25) is 13.9 Å². The van der Waals surface area contributed by atoms with Gasteiger partial charge in [-0.2, -0.15) is 0 Å². The summed E-state index contributed by atoms with van der Waals surface area (Å²) in [5.74, 6) is -1.47. The number of aryl methyl sites for hydroxylation is 1. The molecule has 4 aromatic rings. The van der Waals surface area contributed by atoms with E-state index < -0.39 is 34.3 Å². The van der Waals surface area contributed by atoms with Crippen molar-refractivity contribution < 1.29 is 22.4 Å². The van der Waals surface area contributed by atoms with Crippen LogP contribution >= 0.6 is 15.9 Å². The largest absolute Gasteiger partial charge is 0.352 e. The highest BCUT2D eigenvalue weighted by Gasteiger charge is 2.35. The average Bonchev–Trinajstić information content (AvgIpc) is 3.02. The molecule has 0 spiro atoms. The lowest BCUT2D eigenvalue weighted by atomic mass is 10.0. The fourth-order valence-electron chi connectivity index (χ4n) is 4.80. The predicted octanol–water partition coefficient (Wildman–Crippen LogP) is 6.65. The second-order valence-electron chi connectivity index (χ2n) is 11.0. The van der Waals surface area contributed by atoms with Crippen LogP contribution in [0.5, 0.6) is 0 Å². The van der Waals surface area contributed by atoms with Crippen LogP contribution in [0.15, 0.2) is 112 Å². The Morgan fingerprint density at radius 3 is 2.16 bits per heavy atom. The first-order valence-corrected chi connectivity index (χ1v) is 16.9. The quantitative estimate of drug-likeness (QED) is 0.170. The van der Waals surface area contributed by atoms with Gasteiger partial charge in [0.2, 0.25) is 11.8 Å². The number of rotatable bonds is 13. The molecule has 0 saturated heterocycles. The molecule has 1 N–H and O–H groups in total. The maximum atomic E-state index is 14.5. The second-order valence-corrected chi connectivity index (χ2v) is 13.8. The van der Waals surface area contributed by atoms with Crippen LogP contribution in [0.2, 0.25) is 0 Å². The third-order valence-electron chi connectivity index (χ3n) is 7.52. The zero-order valence-electron chi connectivity index (χ0n) is 25.5. The molecule has 0 fully saturated rings. The molecule has 7 nitrogen and oxygen atoms in total. The molecule has 0 unspecified atom stereocenters. The summed E-state index contributed by atoms with van der Waals surface area (Å²) in [6.45, 7) is 5.12. The van der Waals surface area contributed by atoms with Gasteiger partial charge in [0.1, 0.15) is 18.4 Å². The highest BCUT2D eigenvalue weighted by molar-refractivity contribution is 9.10. The Balaban J connectivity index is 1.80. The first-order valence-electron chi connectivity index (χ1n) is 14.7. The smallest absolute Gasteiger partial charge is 0.264 e. The number of carbonyl (C=O) groups excluding carboxylic acids is 2. The Morgan fingerprint density at radius 2 is 1.53 bits per heavy atom. The summed E-state index contributed by atoms with van der Waals surface area (Å²) in [5, 5.41) is 3.02. The number of anilines is 1. The summed E-state index contributed by atoms with van der Waals surface area (Å²) < 4.78 is 43.8. The lowest BCUT2D eigenvalue weighted by Gasteiger charge is -2.34. The van der Waals surface area contributed by atoms with Gasteiger partial charge >= 0.3 is 0 Å². The monoisotopic (exact) mass is 693 g/mol. The van der Waals surface area contributed by atoms with Crippen molar-refractivity contribution in [3.05, 3.63) is 130 Å². The van der Waals surface area contributed by atoms with E-state index in [1.54, 1.807) is 12.1 Å². The first-order chi connectivity index (χ1) is 21.5. The lowest BCUT2D eigenvalue weighted by molar-refractivity contribution is -0.140. The number of halogens is 2. The Morgan fingerprint density at radius 1 is 0.889 bits per heavy atom. The van der Waals surface area contributed by atoms with Crippen LogP contribution < -0.4 is 9.62 Å². The van der Waals surface area contributed by atoms with E-state index in [1.807, 2.05) is 75.4 Å². The molecule has 0 saturated carbocycles. The van der Waals surface area contributed by atoms with E-state index in [-0.39, 0.29) is 35.5 Å². The van der Waals surface area contributed by atoms with Gasteiger partial charge in [-0.25, -0.2) is 12.8 Å². The molecule has 4 aromatic carbocycles. The highest BCUT2D eigenvalue weighted by atomic mass is 79.9. The number of sulfonamides is 1. The Kier molecular flexibility index (Phi) is 11.5. The number of hydrogen-bond acceptors (Lipinski definition) is 4. The molecule has 0 radical (unpaired) electrons. The highest BCUT2D eigenvalue weighted by Crippen LogP contribution is 2.26. The van der Waals surface area contributed by atoms with Crippen LogP contribution in [-0.2, 0) is 32.6 Å². The fourth-order valence-corrected chi connectivity index (χ4v) is 6.66. The molecule has 10 heteroatoms. The van der Waals surface area contributed by atoms with Crippen LogP contribution in [0.25, 0.3) is 0 Å². The first kappa shape index (κ1) is 33.9. The predicted molar refractivity (Wildman–Crippen MR) is 179 cm³/mol. The molecule has 0 aliphatic heterocycles. The Labute approximate surface area is 273 Å². The van der Waals surface area contributed by atoms with Crippen LogP contribution in [0.1, 0.15) is 37.0 Å². The van der Waals surface area contributed by atoms with Gasteiger partial charge in [0.15, 0.2) is 0 Å². The van der Waals surface area contributed by atoms with Crippen LogP contribution in [0.4, 0.5) is 10.1 Å². The molecule has 0 aliphatic carbocycles. The second kappa shape index (κ2) is 15.3. The van der Waals surface area contributed by atoms with Gasteiger partial charge in [0.25, 0.3) is 10.0 Å². The van der Waals surface area contributed by atoms with Gasteiger partial charge in [0.05, 0.1) is 10.6 Å². The van der Waals surface area contributed by atoms with Crippen molar-refractivity contribution in [3.63, 3.8) is 0 Å². The summed E-state index contributed by atoms with van der Waals surface area (Å²) >= 11 is 3.48. The molecule has 0 bridgehead atoms. The topological polar surface area (TPSA) is 86.8 Å². The minimum Gasteiger partial charge on any atom is -0.352 e. The van der Waals surface area contributed by atoms with Crippen molar-refractivity contribution in [1.82, 2.24) is 10.2 Å². The van der Waals surface area contributed by atoms with Crippen molar-refractivity contribution in [2.24, 2.45) is 0 Å². The fraction of sp³-hybridized carbons (Fsp3) is 0.257. The summed E-state index contributed by atoms with van der Waals surface area (Å²) in [6, 6.07) is 26.9. The van der Waals surface area contributed by atoms with E-state index >= 15 is 0 Å². The molecule has 2 atom stereocenters. The van der Waals surface area contributed by atoms with Gasteiger partial charge in [-0.15, -0.1) is 0 Å². The van der Waals surface area contributed by atoms with Gasteiger partial charge in [-0.1, -0.05) is 83.0 Å². The zero-order valence-corrected chi connectivity index (χ0v) is 27.9. The van der Waals surface area contributed by atoms with Crippen LogP contribution in [0, 0.1) is 12.7 Å². The van der Waals surface area contributed by atoms with Gasteiger partial charge in [0, 0.05) is 23.5 Å². The maximum absolute atomic E-state index is 14.5. The Hall–Kier alpha value is -4.02. The molecule has 0 heterocycles. The van der Waals surface area contributed by atoms with Crippen molar-refractivity contribution >= 4 is 43.5 Å². The number of nitrogens with one attached hydrogen (secondary N) is 1. The molecule has 4 rings (SSSR count). The van der Waals surface area contributed by atoms with E-state index in [4.69, 9.17) is 0 Å². The number of hydrogen-bond donors (Lipinski definition) is 1. The minimum atomic E-state index is -4.26. The Bertz CT molecular complexity index is 1700. The molecule has 236 valence electrons. The van der Waals surface area contributed by atoms with E-state index in [2.05, 4.69) is 21.2 Å². The minimum absolute atomic E-state index is 0.0147. The average molecular weight is 695 g/mol. The molecular weight excluding hydrogens is 657 g/mol. The molecular formula is C35H37BrFN3O4S. The standard InChI is InChI=1S/C35H37BrFN3O4S/c1-4-26(3)38-35(42)33(22-27-9-6-5-7-10-27)39(23-28-11-8-12-29(36)21-28)34(41)24-40(31-17-15-30(37)16-18-31)45(43,44)32-19-13-25(2)14-20-32/h5-21,26,33H,4,22-24H2,1-3H3,(H,38,42)/t26-,33-/m1/s1. The van der Waals surface area contributed by atoms with Crippen molar-refractivity contribution in [3.8, 4) is 0 Å². The molecule has 2 amide bonds. The van der Waals surface area contributed by atoms with E-state index in [0.717, 1.165) is 37.6 Å². The normalized spacial score (nSPS) is 12.6. The van der Waals surface area contributed by atoms with Crippen molar-refractivity contribution in [2.75, 3.05) is 10.8 Å². The summed E-state index contributed by atoms with van der Waals surface area (Å²) in [4.78, 5) is 29.8. The SMILES string of the molecule is CC[C@@H](C)NC(=O)[C@@H](Cc1ccccc1)N(Cc1cccc(Br)c1)C(=O)CN(c1ccc(F)cc1)S(=O)(=O)c1ccc(C)cc1. The summed E-state index contributed by atoms with van der Waals surface area (Å²) in [5.41, 5.74) is 2.59. The van der Waals surface area contributed by atoms with E-state index in [9.17, 15) is 22.4 Å². The molecule has 0 aromatic heterocycles. The number of carbonyl (C=O) groups is 2. The molecule has 45 heavy (non-hydrogen) atoms. The van der Waals surface area contributed by atoms with E-state index in [1.165, 1.54) is 29.2 Å². The van der Waals surface area contributed by atoms with Crippen LogP contribution in [0.3, 0.4) is 0 Å². The summed E-state index contributed by atoms with van der Waals surface area (Å²) in [6.07, 6.45) is 0.903. The zero-order chi connectivity index (χ0) is 32.6. The number of benzene rings is 4. The summed E-state index contributed by atoms with van der Waals surface area (Å²) in [7, 11) is -4.26. The van der Waals surface area contributed by atoms with Crippen LogP contribution in [-0.4, -0.2) is 43.8 Å². The van der Waals surface area contributed by atoms with Crippen molar-refractivity contribution in [2.45, 2.75) is 57.1 Å². The van der Waals surface area contributed by atoms with Gasteiger partial charge < -0.3 is 10.2 Å². The third-order valence-corrected chi connectivity index (χ3v) is 9.80. The number of amides is 2. The van der Waals surface area contributed by atoms with E-state index in [0.29, 0.717) is 6.42 Å². The third kappa shape index (κ3) is 9.02. The lowest BCUT2D eigenvalue weighted by Crippen LogP contribution is -2.54. The van der Waals surface area contributed by atoms with Gasteiger partial charge in [-0.05, 0) is 79.9 Å². The van der Waals surface area contributed by atoms with Crippen molar-refractivity contribution in [1.29, 1.82) is 0 Å². The number of nitrogens with zero attached hydrogens (tertiary/aromatic N) is 2. The maximum Gasteiger partial charge on any atom is 0.264 e. The molecule has 0 aliphatic rings.